The molecule has 5 heteroatoms. The van der Waals surface area contributed by atoms with Crippen molar-refractivity contribution in [3.8, 4) is 0 Å². The predicted molar refractivity (Wildman–Crippen MR) is 96.2 cm³/mol. The lowest BCUT2D eigenvalue weighted by Crippen LogP contribution is -2.35. The summed E-state index contributed by atoms with van der Waals surface area (Å²) in [5.41, 5.74) is 2.67. The zero-order valence-corrected chi connectivity index (χ0v) is 14.4. The third-order valence-corrected chi connectivity index (χ3v) is 5.41. The molecule has 3 atom stereocenters. The van der Waals surface area contributed by atoms with Crippen molar-refractivity contribution in [3.63, 3.8) is 0 Å². The van der Waals surface area contributed by atoms with E-state index >= 15 is 0 Å². The molecule has 2 aliphatic rings. The molecule has 26 heavy (non-hydrogen) atoms. The first-order valence-corrected chi connectivity index (χ1v) is 9.05. The molecule has 3 unspecified atom stereocenters. The molecular weight excluding hydrogens is 331 g/mol. The van der Waals surface area contributed by atoms with Gasteiger partial charge in [-0.05, 0) is 54.5 Å². The van der Waals surface area contributed by atoms with Crippen LogP contribution in [-0.4, -0.2) is 17.9 Å². The molecule has 2 amide bonds. The highest BCUT2D eigenvalue weighted by atomic mass is 19.1. The van der Waals surface area contributed by atoms with Crippen molar-refractivity contribution in [1.29, 1.82) is 0 Å². The number of fused-ring (bicyclic) bond motifs is 1. The largest absolute Gasteiger partial charge is 0.353 e. The van der Waals surface area contributed by atoms with Gasteiger partial charge >= 0.3 is 0 Å². The van der Waals surface area contributed by atoms with Gasteiger partial charge in [-0.15, -0.1) is 0 Å². The summed E-state index contributed by atoms with van der Waals surface area (Å²) >= 11 is 0. The van der Waals surface area contributed by atoms with E-state index in [0.717, 1.165) is 30.4 Å². The number of amides is 2. The molecule has 0 bridgehead atoms. The minimum absolute atomic E-state index is 0.0447. The molecule has 0 saturated heterocycles. The maximum Gasteiger partial charge on any atom is 0.252 e. The Labute approximate surface area is 151 Å². The van der Waals surface area contributed by atoms with Gasteiger partial charge in [0.25, 0.3) is 5.91 Å². The number of rotatable bonds is 4. The van der Waals surface area contributed by atoms with Gasteiger partial charge in [-0.2, -0.15) is 0 Å². The SMILES string of the molecule is O=C(CC1NC(=O)c2ccccc21)NC1CCC(c2ccc(F)cc2)C1. The number of hydrogen-bond donors (Lipinski definition) is 2. The van der Waals surface area contributed by atoms with Crippen LogP contribution in [0.4, 0.5) is 4.39 Å². The molecule has 2 aromatic rings. The molecule has 0 radical (unpaired) electrons. The highest BCUT2D eigenvalue weighted by molar-refractivity contribution is 5.99. The third-order valence-electron chi connectivity index (χ3n) is 5.41. The molecule has 134 valence electrons. The van der Waals surface area contributed by atoms with Crippen molar-refractivity contribution in [1.82, 2.24) is 10.6 Å². The minimum atomic E-state index is -0.256. The lowest BCUT2D eigenvalue weighted by Gasteiger charge is -2.16. The zero-order valence-electron chi connectivity index (χ0n) is 14.4. The van der Waals surface area contributed by atoms with Gasteiger partial charge in [0.05, 0.1) is 12.5 Å². The summed E-state index contributed by atoms with van der Waals surface area (Å²) in [6.07, 6.45) is 3.02. The van der Waals surface area contributed by atoms with Gasteiger partial charge in [-0.1, -0.05) is 30.3 Å². The maximum atomic E-state index is 13.1. The third kappa shape index (κ3) is 3.34. The van der Waals surface area contributed by atoms with E-state index < -0.39 is 0 Å². The van der Waals surface area contributed by atoms with Gasteiger partial charge < -0.3 is 10.6 Å². The average molecular weight is 352 g/mol. The molecule has 4 rings (SSSR count). The average Bonchev–Trinajstić information content (AvgIpc) is 3.21. The Morgan fingerprint density at radius 3 is 2.69 bits per heavy atom. The second-order valence-electron chi connectivity index (χ2n) is 7.14. The molecule has 1 heterocycles. The van der Waals surface area contributed by atoms with E-state index in [-0.39, 0.29) is 36.1 Å². The molecular formula is C21H21FN2O2. The van der Waals surface area contributed by atoms with Gasteiger partial charge in [-0.25, -0.2) is 4.39 Å². The van der Waals surface area contributed by atoms with E-state index in [1.54, 1.807) is 6.07 Å². The van der Waals surface area contributed by atoms with Crippen LogP contribution in [0.2, 0.25) is 0 Å². The Bertz CT molecular complexity index is 834. The van der Waals surface area contributed by atoms with Crippen molar-refractivity contribution in [2.45, 2.75) is 43.7 Å². The van der Waals surface area contributed by atoms with Crippen LogP contribution >= 0.6 is 0 Å². The number of carbonyl (C=O) groups is 2. The summed E-state index contributed by atoms with van der Waals surface area (Å²) in [5.74, 6) is -0.0318. The highest BCUT2D eigenvalue weighted by Crippen LogP contribution is 2.35. The zero-order chi connectivity index (χ0) is 18.1. The van der Waals surface area contributed by atoms with Crippen LogP contribution in [0.15, 0.2) is 48.5 Å². The smallest absolute Gasteiger partial charge is 0.252 e. The number of benzene rings is 2. The van der Waals surface area contributed by atoms with E-state index in [1.807, 2.05) is 30.3 Å². The lowest BCUT2D eigenvalue weighted by molar-refractivity contribution is -0.122. The van der Waals surface area contributed by atoms with Crippen LogP contribution in [0.5, 0.6) is 0 Å². The fourth-order valence-electron chi connectivity index (χ4n) is 4.10. The van der Waals surface area contributed by atoms with Crippen LogP contribution in [-0.2, 0) is 4.79 Å². The summed E-state index contributed by atoms with van der Waals surface area (Å²) in [4.78, 5) is 24.4. The molecule has 1 aliphatic carbocycles. The Hall–Kier alpha value is -2.69. The molecule has 0 spiro atoms. The molecule has 1 fully saturated rings. The second-order valence-corrected chi connectivity index (χ2v) is 7.14. The van der Waals surface area contributed by atoms with Crippen LogP contribution in [0.25, 0.3) is 0 Å². The van der Waals surface area contributed by atoms with Crippen molar-refractivity contribution in [3.05, 3.63) is 71.0 Å². The van der Waals surface area contributed by atoms with Gasteiger partial charge in [0.15, 0.2) is 0 Å². The van der Waals surface area contributed by atoms with E-state index in [0.29, 0.717) is 11.5 Å². The van der Waals surface area contributed by atoms with Crippen LogP contribution in [0.1, 0.15) is 59.1 Å². The molecule has 2 N–H and O–H groups in total. The number of nitrogens with one attached hydrogen (secondary N) is 2. The van der Waals surface area contributed by atoms with E-state index in [9.17, 15) is 14.0 Å². The number of carbonyl (C=O) groups excluding carboxylic acids is 2. The minimum Gasteiger partial charge on any atom is -0.353 e. The normalized spacial score (nSPS) is 24.2. The fourth-order valence-corrected chi connectivity index (χ4v) is 4.10. The first-order chi connectivity index (χ1) is 12.6. The predicted octanol–water partition coefficient (Wildman–Crippen LogP) is 3.45. The second kappa shape index (κ2) is 6.90. The van der Waals surface area contributed by atoms with Gasteiger partial charge in [0.2, 0.25) is 5.91 Å². The summed E-state index contributed by atoms with van der Waals surface area (Å²) in [7, 11) is 0. The Balaban J connectivity index is 1.33. The Morgan fingerprint density at radius 2 is 1.88 bits per heavy atom. The fraction of sp³-hybridized carbons (Fsp3) is 0.333. The monoisotopic (exact) mass is 352 g/mol. The summed E-state index contributed by atoms with van der Waals surface area (Å²) in [5, 5.41) is 5.98. The van der Waals surface area contributed by atoms with Gasteiger partial charge in [-0.3, -0.25) is 9.59 Å². The van der Waals surface area contributed by atoms with Crippen molar-refractivity contribution >= 4 is 11.8 Å². The van der Waals surface area contributed by atoms with E-state index in [1.165, 1.54) is 12.1 Å². The Morgan fingerprint density at radius 1 is 1.12 bits per heavy atom. The van der Waals surface area contributed by atoms with Crippen LogP contribution in [0.3, 0.4) is 0 Å². The molecule has 2 aromatic carbocycles. The first-order valence-electron chi connectivity index (χ1n) is 9.05. The number of hydrogen-bond acceptors (Lipinski definition) is 2. The van der Waals surface area contributed by atoms with E-state index in [2.05, 4.69) is 10.6 Å². The molecule has 1 saturated carbocycles. The quantitative estimate of drug-likeness (QED) is 0.885. The topological polar surface area (TPSA) is 58.2 Å². The van der Waals surface area contributed by atoms with Gasteiger partial charge in [0, 0.05) is 11.6 Å². The lowest BCUT2D eigenvalue weighted by atomic mass is 9.97. The van der Waals surface area contributed by atoms with Crippen LogP contribution in [0, 0.1) is 5.82 Å². The van der Waals surface area contributed by atoms with Crippen molar-refractivity contribution in [2.24, 2.45) is 0 Å². The maximum absolute atomic E-state index is 13.1. The standard InChI is InChI=1S/C21H21FN2O2/c22-15-8-5-13(6-9-15)14-7-10-16(11-14)23-20(25)12-19-17-3-1-2-4-18(17)21(26)24-19/h1-6,8-9,14,16,19H,7,10-12H2,(H,23,25)(H,24,26). The van der Waals surface area contributed by atoms with Gasteiger partial charge in [0.1, 0.15) is 5.82 Å². The summed E-state index contributed by atoms with van der Waals surface area (Å²) in [6, 6.07) is 13.9. The summed E-state index contributed by atoms with van der Waals surface area (Å²) < 4.78 is 13.1. The van der Waals surface area contributed by atoms with Crippen molar-refractivity contribution < 1.29 is 14.0 Å². The highest BCUT2D eigenvalue weighted by Gasteiger charge is 2.31. The van der Waals surface area contributed by atoms with E-state index in [4.69, 9.17) is 0 Å². The molecule has 4 nitrogen and oxygen atoms in total. The van der Waals surface area contributed by atoms with Crippen LogP contribution < -0.4 is 10.6 Å². The van der Waals surface area contributed by atoms with Crippen molar-refractivity contribution in [2.75, 3.05) is 0 Å². The number of halogens is 1. The molecule has 0 aromatic heterocycles. The first kappa shape index (κ1) is 16.8. The Kier molecular flexibility index (Phi) is 4.45. The summed E-state index contributed by atoms with van der Waals surface area (Å²) in [6.45, 7) is 0. The molecule has 1 aliphatic heterocycles.